The molecule has 35 heavy (non-hydrogen) atoms. The van der Waals surface area contributed by atoms with Crippen LogP contribution in [0.25, 0.3) is 11.1 Å². The summed E-state index contributed by atoms with van der Waals surface area (Å²) in [5.74, 6) is 0.551. The van der Waals surface area contributed by atoms with Crippen LogP contribution >= 0.6 is 0 Å². The molecule has 2 aliphatic carbocycles. The molecule has 0 amide bonds. The summed E-state index contributed by atoms with van der Waals surface area (Å²) in [6, 6.07) is 15.2. The number of rotatable bonds is 0. The van der Waals surface area contributed by atoms with Crippen molar-refractivity contribution >= 4 is 3.21 Å². The normalized spacial score (nSPS) is 15.5. The van der Waals surface area contributed by atoms with Crippen LogP contribution in [-0.2, 0) is 41.5 Å². The maximum absolute atomic E-state index is 3.67. The fraction of sp³-hybridized carbons (Fsp3) is 0.469. The fourth-order valence-corrected chi connectivity index (χ4v) is 4.02. The average molecular weight is 589 g/mol. The minimum Gasteiger partial charge on any atom is -1.00 e. The van der Waals surface area contributed by atoms with Gasteiger partial charge in [0.05, 0.1) is 0 Å². The SMILES string of the molecule is CC(C)(C)c1[c-]c2c(cc1)-c1ccc(C(C)(C)C)cc1C2.CC1=[C-]C(C)C=C1C.C[C](C)=[Zr+2].[Cl-].[Cl-]. The van der Waals surface area contributed by atoms with Gasteiger partial charge in [-0.15, -0.1) is 18.1 Å². The average Bonchev–Trinajstić information content (AvgIpc) is 3.17. The minimum absolute atomic E-state index is 0. The molecule has 0 saturated carbocycles. The van der Waals surface area contributed by atoms with Crippen molar-refractivity contribution < 1.29 is 49.0 Å². The molecule has 1 atom stereocenters. The molecule has 0 aromatic heterocycles. The van der Waals surface area contributed by atoms with Crippen molar-refractivity contribution in [3.63, 3.8) is 0 Å². The van der Waals surface area contributed by atoms with Crippen LogP contribution in [0.4, 0.5) is 0 Å². The molecule has 1 unspecified atom stereocenters. The van der Waals surface area contributed by atoms with E-state index in [9.17, 15) is 0 Å². The molecule has 2 aromatic rings. The Hall–Kier alpha value is -0.747. The summed E-state index contributed by atoms with van der Waals surface area (Å²) in [5.41, 5.74) is 11.4. The molecule has 0 fully saturated rings. The Morgan fingerprint density at radius 3 is 1.83 bits per heavy atom. The third-order valence-electron chi connectivity index (χ3n) is 6.00. The predicted molar refractivity (Wildman–Crippen MR) is 143 cm³/mol. The summed E-state index contributed by atoms with van der Waals surface area (Å²) >= 11 is 1.55. The second-order valence-corrected chi connectivity index (χ2v) is 14.2. The number of halogens is 2. The first kappa shape index (κ1) is 34.3. The number of fused-ring (bicyclic) bond motifs is 3. The third-order valence-corrected chi connectivity index (χ3v) is 6.00. The van der Waals surface area contributed by atoms with Crippen LogP contribution in [-0.4, -0.2) is 3.21 Å². The standard InChI is InChI=1S/C21H25.C8H11.C3H6.2ClH.Zr/c1-20(2,3)16-7-9-18-14(12-16)11-15-13-17(21(4,5)6)8-10-19(15)18;1-6-4-7(2)8(3)5-6;1-3-2;;;/h7-10,12H,11H2,1-6H3;4,6H,1-3H3;1-2H3;2*1H;/q2*-1;;;;+2/p-2. The molecular weight excluding hydrogens is 546 g/mol. The molecule has 0 bridgehead atoms. The molecule has 4 rings (SSSR count). The number of hydrogen-bond donors (Lipinski definition) is 0. The van der Waals surface area contributed by atoms with Gasteiger partial charge < -0.3 is 24.8 Å². The zero-order valence-corrected chi connectivity index (χ0v) is 27.5. The van der Waals surface area contributed by atoms with Gasteiger partial charge in [0.1, 0.15) is 0 Å². The molecule has 2 aromatic carbocycles. The Labute approximate surface area is 243 Å². The molecule has 0 aliphatic heterocycles. The summed E-state index contributed by atoms with van der Waals surface area (Å²) in [7, 11) is 0. The molecule has 0 spiro atoms. The zero-order chi connectivity index (χ0) is 25.1. The first-order valence-corrected chi connectivity index (χ1v) is 13.3. The first-order chi connectivity index (χ1) is 15.1. The van der Waals surface area contributed by atoms with E-state index in [0.717, 1.165) is 6.42 Å². The van der Waals surface area contributed by atoms with Gasteiger partial charge in [0.15, 0.2) is 0 Å². The molecular formula is C32H42Cl2Zr-2. The second-order valence-electron chi connectivity index (χ2n) is 11.7. The largest absolute Gasteiger partial charge is 1.00 e. The van der Waals surface area contributed by atoms with E-state index in [4.69, 9.17) is 0 Å². The van der Waals surface area contributed by atoms with E-state index < -0.39 is 0 Å². The van der Waals surface area contributed by atoms with Gasteiger partial charge in [-0.2, -0.15) is 29.8 Å². The van der Waals surface area contributed by atoms with Crippen molar-refractivity contribution in [3.05, 3.63) is 82.0 Å². The summed E-state index contributed by atoms with van der Waals surface area (Å²) in [4.78, 5) is 0. The van der Waals surface area contributed by atoms with Crippen LogP contribution in [0.15, 0.2) is 47.6 Å². The molecule has 190 valence electrons. The van der Waals surface area contributed by atoms with Crippen molar-refractivity contribution in [2.45, 2.75) is 93.4 Å². The fourth-order valence-electron chi connectivity index (χ4n) is 4.02. The Morgan fingerprint density at radius 1 is 0.886 bits per heavy atom. The summed E-state index contributed by atoms with van der Waals surface area (Å²) in [6.45, 7) is 24.2. The van der Waals surface area contributed by atoms with Crippen molar-refractivity contribution in [1.29, 1.82) is 0 Å². The molecule has 0 radical (unpaired) electrons. The van der Waals surface area contributed by atoms with E-state index in [1.54, 1.807) is 24.2 Å². The van der Waals surface area contributed by atoms with Crippen molar-refractivity contribution in [1.82, 2.24) is 0 Å². The van der Waals surface area contributed by atoms with E-state index in [1.165, 1.54) is 47.7 Å². The first-order valence-electron chi connectivity index (χ1n) is 12.1. The van der Waals surface area contributed by atoms with E-state index in [1.807, 2.05) is 0 Å². The summed E-state index contributed by atoms with van der Waals surface area (Å²) in [6.07, 6.45) is 6.55. The smallest absolute Gasteiger partial charge is 1.00 e. The molecule has 0 nitrogen and oxygen atoms in total. The Morgan fingerprint density at radius 2 is 1.43 bits per heavy atom. The second kappa shape index (κ2) is 13.7. The van der Waals surface area contributed by atoms with Gasteiger partial charge in [0.25, 0.3) is 0 Å². The predicted octanol–water partition coefficient (Wildman–Crippen LogP) is 2.74. The zero-order valence-electron chi connectivity index (χ0n) is 23.5. The Bertz CT molecular complexity index is 992. The van der Waals surface area contributed by atoms with E-state index in [-0.39, 0.29) is 35.6 Å². The molecule has 2 aliphatic rings. The van der Waals surface area contributed by atoms with Crippen LogP contribution in [0, 0.1) is 18.1 Å². The van der Waals surface area contributed by atoms with Crippen LogP contribution in [0.1, 0.15) is 98.4 Å². The third kappa shape index (κ3) is 9.91. The minimum atomic E-state index is 0. The van der Waals surface area contributed by atoms with Crippen molar-refractivity contribution in [2.24, 2.45) is 5.92 Å². The van der Waals surface area contributed by atoms with Crippen molar-refractivity contribution in [3.8, 4) is 11.1 Å². The summed E-state index contributed by atoms with van der Waals surface area (Å²) in [5, 5.41) is 0. The molecule has 0 N–H and O–H groups in total. The maximum atomic E-state index is 3.67. The van der Waals surface area contributed by atoms with Crippen LogP contribution in [0.5, 0.6) is 0 Å². The quantitative estimate of drug-likeness (QED) is 0.355. The van der Waals surface area contributed by atoms with E-state index >= 15 is 0 Å². The van der Waals surface area contributed by atoms with Crippen molar-refractivity contribution in [2.75, 3.05) is 0 Å². The number of benzene rings is 2. The Kier molecular flexibility index (Phi) is 13.4. The maximum Gasteiger partial charge on any atom is -1.00 e. The van der Waals surface area contributed by atoms with Gasteiger partial charge in [0.2, 0.25) is 0 Å². The van der Waals surface area contributed by atoms with Gasteiger partial charge in [-0.05, 0) is 28.4 Å². The van der Waals surface area contributed by atoms with Gasteiger partial charge in [0, 0.05) is 0 Å². The Balaban J connectivity index is 0.000000692. The number of hydrogen-bond acceptors (Lipinski definition) is 0. The number of allylic oxidation sites excluding steroid dienone is 4. The van der Waals surface area contributed by atoms with Crippen LogP contribution in [0.2, 0.25) is 0 Å². The molecule has 3 heteroatoms. The van der Waals surface area contributed by atoms with Crippen LogP contribution in [0.3, 0.4) is 0 Å². The van der Waals surface area contributed by atoms with Crippen LogP contribution < -0.4 is 24.8 Å². The summed E-state index contributed by atoms with van der Waals surface area (Å²) < 4.78 is 1.51. The topological polar surface area (TPSA) is 0 Å². The van der Waals surface area contributed by atoms with Gasteiger partial charge in [-0.3, -0.25) is 6.08 Å². The van der Waals surface area contributed by atoms with Gasteiger partial charge in [-0.1, -0.05) is 85.1 Å². The molecule has 0 heterocycles. The molecule has 0 saturated heterocycles. The monoisotopic (exact) mass is 586 g/mol. The van der Waals surface area contributed by atoms with E-state index in [0.29, 0.717) is 5.92 Å². The van der Waals surface area contributed by atoms with E-state index in [2.05, 4.69) is 125 Å². The van der Waals surface area contributed by atoms with Gasteiger partial charge >= 0.3 is 41.3 Å². The van der Waals surface area contributed by atoms with Gasteiger partial charge in [-0.25, -0.2) is 11.1 Å².